The van der Waals surface area contributed by atoms with Crippen LogP contribution in [-0.4, -0.2) is 9.97 Å². The SMILES string of the molecule is Cc1nc2ccccc2nc1OP(=O)(c1ccccc1)c1ccccc1. The van der Waals surface area contributed by atoms with E-state index >= 15 is 0 Å². The largest absolute Gasteiger partial charge is 0.416 e. The van der Waals surface area contributed by atoms with E-state index in [1.807, 2.05) is 91.9 Å². The molecule has 0 amide bonds. The highest BCUT2D eigenvalue weighted by molar-refractivity contribution is 7.74. The molecule has 0 saturated heterocycles. The number of rotatable bonds is 4. The average molecular weight is 360 g/mol. The molecular weight excluding hydrogens is 343 g/mol. The van der Waals surface area contributed by atoms with E-state index in [-0.39, 0.29) is 0 Å². The molecule has 3 aromatic carbocycles. The number of aromatic nitrogens is 2. The number of para-hydroxylation sites is 2. The van der Waals surface area contributed by atoms with Crippen molar-refractivity contribution in [3.8, 4) is 5.88 Å². The zero-order valence-electron chi connectivity index (χ0n) is 14.2. The maximum Gasteiger partial charge on any atom is 0.308 e. The molecule has 0 unspecified atom stereocenters. The van der Waals surface area contributed by atoms with Gasteiger partial charge in [0.2, 0.25) is 5.88 Å². The molecule has 0 spiro atoms. The van der Waals surface area contributed by atoms with Gasteiger partial charge in [0.25, 0.3) is 0 Å². The average Bonchev–Trinajstić information content (AvgIpc) is 2.70. The monoisotopic (exact) mass is 360 g/mol. The lowest BCUT2D eigenvalue weighted by Gasteiger charge is -2.20. The number of hydrogen-bond donors (Lipinski definition) is 0. The molecule has 0 aliphatic heterocycles. The summed E-state index contributed by atoms with van der Waals surface area (Å²) in [6, 6.07) is 26.0. The van der Waals surface area contributed by atoms with Gasteiger partial charge in [-0.3, -0.25) is 4.57 Å². The Balaban J connectivity index is 1.87. The zero-order chi connectivity index (χ0) is 18.0. The Morgan fingerprint density at radius 1 is 0.692 bits per heavy atom. The summed E-state index contributed by atoms with van der Waals surface area (Å²) in [5.41, 5.74) is 2.10. The number of fused-ring (bicyclic) bond motifs is 1. The number of hydrogen-bond acceptors (Lipinski definition) is 4. The number of aryl methyl sites for hydroxylation is 1. The molecule has 0 bridgehead atoms. The van der Waals surface area contributed by atoms with Crippen LogP contribution in [0.3, 0.4) is 0 Å². The van der Waals surface area contributed by atoms with Crippen molar-refractivity contribution in [2.75, 3.05) is 0 Å². The summed E-state index contributed by atoms with van der Waals surface area (Å²) in [5.74, 6) is 0.291. The van der Waals surface area contributed by atoms with Crippen LogP contribution in [0.15, 0.2) is 84.9 Å². The fourth-order valence-electron chi connectivity index (χ4n) is 2.78. The Labute approximate surface area is 152 Å². The minimum atomic E-state index is -3.35. The molecule has 0 radical (unpaired) electrons. The van der Waals surface area contributed by atoms with Gasteiger partial charge in [0.15, 0.2) is 0 Å². The zero-order valence-corrected chi connectivity index (χ0v) is 15.1. The van der Waals surface area contributed by atoms with Crippen LogP contribution >= 0.6 is 7.37 Å². The van der Waals surface area contributed by atoms with Gasteiger partial charge in [-0.2, -0.15) is 0 Å². The molecule has 0 atom stereocenters. The first-order chi connectivity index (χ1) is 12.7. The van der Waals surface area contributed by atoms with Gasteiger partial charge in [0.05, 0.1) is 21.6 Å². The molecule has 4 rings (SSSR count). The van der Waals surface area contributed by atoms with Crippen LogP contribution in [0.25, 0.3) is 11.0 Å². The minimum absolute atomic E-state index is 0.291. The van der Waals surface area contributed by atoms with E-state index in [9.17, 15) is 4.57 Å². The molecule has 0 fully saturated rings. The van der Waals surface area contributed by atoms with Crippen LogP contribution in [0, 0.1) is 6.92 Å². The van der Waals surface area contributed by atoms with Crippen LogP contribution in [-0.2, 0) is 4.57 Å². The van der Waals surface area contributed by atoms with E-state index in [1.165, 1.54) is 0 Å². The van der Waals surface area contributed by atoms with Gasteiger partial charge < -0.3 is 4.52 Å². The summed E-state index contributed by atoms with van der Waals surface area (Å²) in [6.45, 7) is 1.81. The van der Waals surface area contributed by atoms with E-state index < -0.39 is 7.37 Å². The summed E-state index contributed by atoms with van der Waals surface area (Å²) >= 11 is 0. The quantitative estimate of drug-likeness (QED) is 0.511. The summed E-state index contributed by atoms with van der Waals surface area (Å²) in [7, 11) is -3.35. The maximum absolute atomic E-state index is 14.0. The van der Waals surface area contributed by atoms with Gasteiger partial charge in [0.1, 0.15) is 5.69 Å². The van der Waals surface area contributed by atoms with Gasteiger partial charge >= 0.3 is 7.37 Å². The fourth-order valence-corrected chi connectivity index (χ4v) is 4.84. The van der Waals surface area contributed by atoms with E-state index in [0.717, 1.165) is 5.52 Å². The first-order valence-electron chi connectivity index (χ1n) is 8.31. The normalized spacial score (nSPS) is 11.4. The van der Waals surface area contributed by atoms with Crippen molar-refractivity contribution in [1.29, 1.82) is 0 Å². The molecule has 1 heterocycles. The number of nitrogens with zero attached hydrogens (tertiary/aromatic N) is 2. The minimum Gasteiger partial charge on any atom is -0.416 e. The van der Waals surface area contributed by atoms with E-state index in [4.69, 9.17) is 4.52 Å². The molecule has 128 valence electrons. The second-order valence-electron chi connectivity index (χ2n) is 5.92. The van der Waals surface area contributed by atoms with Crippen LogP contribution in [0.2, 0.25) is 0 Å². The predicted molar refractivity (Wildman–Crippen MR) is 105 cm³/mol. The lowest BCUT2D eigenvalue weighted by Crippen LogP contribution is -2.20. The number of benzene rings is 3. The summed E-state index contributed by atoms with van der Waals surface area (Å²) in [5, 5.41) is 1.25. The molecule has 4 nitrogen and oxygen atoms in total. The summed E-state index contributed by atoms with van der Waals surface area (Å²) in [4.78, 5) is 9.09. The topological polar surface area (TPSA) is 52.1 Å². The second kappa shape index (κ2) is 6.74. The lowest BCUT2D eigenvalue weighted by molar-refractivity contribution is 0.490. The standard InChI is InChI=1S/C21H17N2O2P/c1-16-21(23-20-15-9-8-14-19(20)22-16)25-26(24,17-10-4-2-5-11-17)18-12-6-3-7-13-18/h2-15H,1H3. The van der Waals surface area contributed by atoms with Crippen LogP contribution < -0.4 is 15.1 Å². The Kier molecular flexibility index (Phi) is 4.27. The van der Waals surface area contributed by atoms with Crippen molar-refractivity contribution < 1.29 is 9.09 Å². The first kappa shape index (κ1) is 16.5. The first-order valence-corrected chi connectivity index (χ1v) is 9.93. The second-order valence-corrected chi connectivity index (χ2v) is 8.24. The van der Waals surface area contributed by atoms with Crippen LogP contribution in [0.4, 0.5) is 0 Å². The summed E-state index contributed by atoms with van der Waals surface area (Å²) in [6.07, 6.45) is 0. The predicted octanol–water partition coefficient (Wildman–Crippen LogP) is 4.25. The maximum atomic E-state index is 14.0. The van der Waals surface area contributed by atoms with Crippen molar-refractivity contribution in [1.82, 2.24) is 9.97 Å². The Morgan fingerprint density at radius 3 is 1.69 bits per heavy atom. The van der Waals surface area contributed by atoms with Crippen molar-refractivity contribution in [3.05, 3.63) is 90.6 Å². The third-order valence-corrected chi connectivity index (χ3v) is 6.49. The van der Waals surface area contributed by atoms with Crippen molar-refractivity contribution >= 4 is 29.0 Å². The van der Waals surface area contributed by atoms with Crippen molar-refractivity contribution in [3.63, 3.8) is 0 Å². The molecule has 26 heavy (non-hydrogen) atoms. The Hall–Kier alpha value is -2.97. The smallest absolute Gasteiger partial charge is 0.308 e. The highest BCUT2D eigenvalue weighted by atomic mass is 31.2. The molecule has 0 N–H and O–H groups in total. The highest BCUT2D eigenvalue weighted by Gasteiger charge is 2.31. The molecule has 0 aliphatic rings. The third kappa shape index (κ3) is 3.00. The molecular formula is C21H17N2O2P. The van der Waals surface area contributed by atoms with Gasteiger partial charge in [-0.05, 0) is 43.3 Å². The van der Waals surface area contributed by atoms with Gasteiger partial charge in [-0.1, -0.05) is 48.5 Å². The molecule has 1 aromatic heterocycles. The molecule has 0 aliphatic carbocycles. The Morgan fingerprint density at radius 2 is 1.15 bits per heavy atom. The third-order valence-electron chi connectivity index (χ3n) is 4.11. The summed E-state index contributed by atoms with van der Waals surface area (Å²) < 4.78 is 20.1. The molecule has 4 aromatic rings. The van der Waals surface area contributed by atoms with E-state index in [1.54, 1.807) is 0 Å². The highest BCUT2D eigenvalue weighted by Crippen LogP contribution is 2.45. The van der Waals surface area contributed by atoms with Crippen molar-refractivity contribution in [2.24, 2.45) is 0 Å². The fraction of sp³-hybridized carbons (Fsp3) is 0.0476. The molecule has 5 heteroatoms. The van der Waals surface area contributed by atoms with Gasteiger partial charge in [0, 0.05) is 0 Å². The Bertz CT molecular complexity index is 1060. The van der Waals surface area contributed by atoms with E-state index in [2.05, 4.69) is 9.97 Å². The van der Waals surface area contributed by atoms with Crippen molar-refractivity contribution in [2.45, 2.75) is 6.92 Å². The lowest BCUT2D eigenvalue weighted by atomic mass is 10.3. The van der Waals surface area contributed by atoms with E-state index in [0.29, 0.717) is 27.7 Å². The van der Waals surface area contributed by atoms with Gasteiger partial charge in [-0.15, -0.1) is 0 Å². The van der Waals surface area contributed by atoms with Gasteiger partial charge in [-0.25, -0.2) is 9.97 Å². The molecule has 0 saturated carbocycles. The van der Waals surface area contributed by atoms with Crippen LogP contribution in [0.1, 0.15) is 5.69 Å². The van der Waals surface area contributed by atoms with Crippen LogP contribution in [0.5, 0.6) is 5.88 Å².